The molecular formula is C18H19Br2F. The van der Waals surface area contributed by atoms with Gasteiger partial charge in [0.2, 0.25) is 0 Å². The summed E-state index contributed by atoms with van der Waals surface area (Å²) in [4.78, 5) is -0.136. The van der Waals surface area contributed by atoms with Gasteiger partial charge >= 0.3 is 0 Å². The summed E-state index contributed by atoms with van der Waals surface area (Å²) >= 11 is 7.02. The van der Waals surface area contributed by atoms with Crippen molar-refractivity contribution in [2.24, 2.45) is 0 Å². The van der Waals surface area contributed by atoms with Crippen molar-refractivity contribution in [1.82, 2.24) is 0 Å². The Morgan fingerprint density at radius 3 is 1.81 bits per heavy atom. The number of hydrogen-bond acceptors (Lipinski definition) is 0. The molecule has 0 heterocycles. The van der Waals surface area contributed by atoms with Crippen molar-refractivity contribution >= 4 is 31.9 Å². The van der Waals surface area contributed by atoms with Crippen LogP contribution in [0.25, 0.3) is 0 Å². The van der Waals surface area contributed by atoms with Crippen LogP contribution in [0.1, 0.15) is 43.8 Å². The summed E-state index contributed by atoms with van der Waals surface area (Å²) < 4.78 is 15.0. The van der Waals surface area contributed by atoms with E-state index in [1.807, 2.05) is 12.1 Å². The average molecular weight is 414 g/mol. The predicted molar refractivity (Wildman–Crippen MR) is 95.0 cm³/mol. The summed E-state index contributed by atoms with van der Waals surface area (Å²) in [6.07, 6.45) is 0. The van der Waals surface area contributed by atoms with Crippen molar-refractivity contribution in [3.8, 4) is 0 Å². The zero-order valence-corrected chi connectivity index (χ0v) is 16.1. The van der Waals surface area contributed by atoms with Gasteiger partial charge in [0.1, 0.15) is 5.82 Å². The minimum atomic E-state index is -0.194. The predicted octanol–water partition coefficient (Wildman–Crippen LogP) is 6.61. The first-order valence-corrected chi connectivity index (χ1v) is 8.62. The molecule has 0 aliphatic heterocycles. The van der Waals surface area contributed by atoms with Crippen LogP contribution in [-0.4, -0.2) is 0 Å². The van der Waals surface area contributed by atoms with Gasteiger partial charge in [-0.15, -0.1) is 0 Å². The molecular weight excluding hydrogens is 395 g/mol. The molecule has 0 aromatic heterocycles. The number of halogens is 3. The molecule has 0 bridgehead atoms. The Labute approximate surface area is 143 Å². The molecule has 0 radical (unpaired) electrons. The smallest absolute Gasteiger partial charge is 0.129 e. The molecule has 0 fully saturated rings. The molecule has 2 aromatic rings. The molecule has 0 amide bonds. The molecule has 0 saturated carbocycles. The summed E-state index contributed by atoms with van der Waals surface area (Å²) in [6, 6.07) is 5.23. The second-order valence-corrected chi connectivity index (χ2v) is 7.40. The lowest BCUT2D eigenvalue weighted by Gasteiger charge is -2.23. The Morgan fingerprint density at radius 1 is 0.857 bits per heavy atom. The Hall–Kier alpha value is -0.670. The molecule has 2 aromatic carbocycles. The van der Waals surface area contributed by atoms with Gasteiger partial charge in [-0.2, -0.15) is 0 Å². The maximum atomic E-state index is 14.3. The number of rotatable bonds is 2. The summed E-state index contributed by atoms with van der Waals surface area (Å²) in [5.74, 6) is -0.194. The van der Waals surface area contributed by atoms with Crippen molar-refractivity contribution in [3.05, 3.63) is 67.4 Å². The summed E-state index contributed by atoms with van der Waals surface area (Å²) in [5.41, 5.74) is 8.22. The molecule has 0 N–H and O–H groups in total. The van der Waals surface area contributed by atoms with E-state index in [9.17, 15) is 4.39 Å². The highest BCUT2D eigenvalue weighted by atomic mass is 79.9. The highest BCUT2D eigenvalue weighted by molar-refractivity contribution is 9.10. The van der Waals surface area contributed by atoms with Crippen LogP contribution >= 0.6 is 31.9 Å². The lowest BCUT2D eigenvalue weighted by atomic mass is 9.86. The Kier molecular flexibility index (Phi) is 4.94. The van der Waals surface area contributed by atoms with E-state index in [1.165, 1.54) is 39.4 Å². The van der Waals surface area contributed by atoms with Gasteiger partial charge in [-0.1, -0.05) is 37.9 Å². The van der Waals surface area contributed by atoms with E-state index in [0.717, 1.165) is 4.47 Å². The van der Waals surface area contributed by atoms with E-state index in [2.05, 4.69) is 66.5 Å². The van der Waals surface area contributed by atoms with Crippen LogP contribution in [0.5, 0.6) is 0 Å². The third-order valence-electron chi connectivity index (χ3n) is 4.55. The topological polar surface area (TPSA) is 0 Å². The van der Waals surface area contributed by atoms with Gasteiger partial charge < -0.3 is 0 Å². The van der Waals surface area contributed by atoms with Gasteiger partial charge in [0.25, 0.3) is 0 Å². The largest absolute Gasteiger partial charge is 0.207 e. The highest BCUT2D eigenvalue weighted by Crippen LogP contribution is 2.39. The van der Waals surface area contributed by atoms with E-state index in [0.29, 0.717) is 5.56 Å². The molecule has 112 valence electrons. The first-order valence-electron chi connectivity index (χ1n) is 6.91. The van der Waals surface area contributed by atoms with E-state index < -0.39 is 0 Å². The van der Waals surface area contributed by atoms with Crippen molar-refractivity contribution in [2.45, 2.75) is 39.4 Å². The highest BCUT2D eigenvalue weighted by Gasteiger charge is 2.22. The maximum Gasteiger partial charge on any atom is 0.129 e. The molecule has 0 spiro atoms. The van der Waals surface area contributed by atoms with Crippen LogP contribution in [0.4, 0.5) is 4.39 Å². The average Bonchev–Trinajstić information content (AvgIpc) is 2.43. The molecule has 1 atom stereocenters. The van der Waals surface area contributed by atoms with E-state index >= 15 is 0 Å². The first kappa shape index (κ1) is 16.7. The number of benzene rings is 2. The second kappa shape index (κ2) is 6.21. The molecule has 0 saturated heterocycles. The minimum absolute atomic E-state index is 0.136. The van der Waals surface area contributed by atoms with Crippen LogP contribution in [0, 0.1) is 40.4 Å². The van der Waals surface area contributed by atoms with Gasteiger partial charge in [-0.3, -0.25) is 0 Å². The van der Waals surface area contributed by atoms with Gasteiger partial charge in [0, 0.05) is 10.0 Å². The Bertz CT molecular complexity index is 676. The molecule has 0 aliphatic rings. The van der Waals surface area contributed by atoms with Crippen LogP contribution in [0.15, 0.2) is 22.7 Å². The Morgan fingerprint density at radius 2 is 1.33 bits per heavy atom. The number of alkyl halides is 1. The van der Waals surface area contributed by atoms with E-state index in [1.54, 1.807) is 0 Å². The maximum absolute atomic E-state index is 14.3. The van der Waals surface area contributed by atoms with Crippen molar-refractivity contribution in [2.75, 3.05) is 0 Å². The van der Waals surface area contributed by atoms with Crippen molar-refractivity contribution < 1.29 is 4.39 Å². The van der Waals surface area contributed by atoms with Gasteiger partial charge in [-0.25, -0.2) is 4.39 Å². The molecule has 0 aliphatic carbocycles. The van der Waals surface area contributed by atoms with Crippen molar-refractivity contribution in [1.29, 1.82) is 0 Å². The summed E-state index contributed by atoms with van der Waals surface area (Å²) in [5, 5.41) is 0. The fourth-order valence-corrected chi connectivity index (χ4v) is 4.16. The zero-order chi connectivity index (χ0) is 15.9. The standard InChI is InChI=1S/C18H19Br2F/c1-9-10(2)12(4)17(13(5)11(9)3)18(20)15-7-6-14(19)8-16(15)21/h6-8,18H,1-5H3. The quantitative estimate of drug-likeness (QED) is 0.485. The minimum Gasteiger partial charge on any atom is -0.207 e. The SMILES string of the molecule is Cc1c(C)c(C)c(C(Br)c2ccc(Br)cc2F)c(C)c1C. The molecule has 0 nitrogen and oxygen atoms in total. The van der Waals surface area contributed by atoms with Gasteiger partial charge in [-0.05, 0) is 80.1 Å². The zero-order valence-electron chi connectivity index (χ0n) is 12.9. The molecule has 1 unspecified atom stereocenters. The Balaban J connectivity index is 2.66. The molecule has 2 rings (SSSR count). The third-order valence-corrected chi connectivity index (χ3v) is 5.99. The third kappa shape index (κ3) is 2.95. The molecule has 21 heavy (non-hydrogen) atoms. The van der Waals surface area contributed by atoms with Crippen LogP contribution in [0.2, 0.25) is 0 Å². The summed E-state index contributed by atoms with van der Waals surface area (Å²) in [6.45, 7) is 10.7. The lowest BCUT2D eigenvalue weighted by Crippen LogP contribution is -2.07. The second-order valence-electron chi connectivity index (χ2n) is 5.57. The van der Waals surface area contributed by atoms with Crippen LogP contribution in [0.3, 0.4) is 0 Å². The van der Waals surface area contributed by atoms with E-state index in [4.69, 9.17) is 0 Å². The fourth-order valence-electron chi connectivity index (χ4n) is 2.77. The normalized spacial score (nSPS) is 12.6. The molecule has 3 heteroatoms. The monoisotopic (exact) mass is 412 g/mol. The van der Waals surface area contributed by atoms with Gasteiger partial charge in [0.05, 0.1) is 4.83 Å². The summed E-state index contributed by atoms with van der Waals surface area (Å²) in [7, 11) is 0. The lowest BCUT2D eigenvalue weighted by molar-refractivity contribution is 0.612. The van der Waals surface area contributed by atoms with Crippen LogP contribution < -0.4 is 0 Å². The van der Waals surface area contributed by atoms with E-state index in [-0.39, 0.29) is 10.6 Å². The van der Waals surface area contributed by atoms with Crippen LogP contribution in [-0.2, 0) is 0 Å². The number of hydrogen-bond donors (Lipinski definition) is 0. The first-order chi connectivity index (χ1) is 9.75. The fraction of sp³-hybridized carbons (Fsp3) is 0.333. The van der Waals surface area contributed by atoms with Crippen molar-refractivity contribution in [3.63, 3.8) is 0 Å². The van der Waals surface area contributed by atoms with Gasteiger partial charge in [0.15, 0.2) is 0 Å².